The summed E-state index contributed by atoms with van der Waals surface area (Å²) in [7, 11) is 0. The number of nitrogens with zero attached hydrogens (tertiary/aromatic N) is 2. The second-order valence-corrected chi connectivity index (χ2v) is 4.37. The molecule has 100 valence electrons. The molecule has 0 aliphatic rings. The van der Waals surface area contributed by atoms with Crippen molar-refractivity contribution in [3.8, 4) is 11.5 Å². The van der Waals surface area contributed by atoms with Crippen LogP contribution in [0.15, 0.2) is 30.5 Å². The fourth-order valence-corrected chi connectivity index (χ4v) is 1.68. The molecular formula is C13H15N3O3. The first-order valence-corrected chi connectivity index (χ1v) is 5.83. The lowest BCUT2D eigenvalue weighted by atomic mass is 10.3. The van der Waals surface area contributed by atoms with Crippen LogP contribution in [0.4, 0.5) is 5.69 Å². The van der Waals surface area contributed by atoms with E-state index in [2.05, 4.69) is 5.10 Å². The molecular weight excluding hydrogens is 246 g/mol. The highest BCUT2D eigenvalue weighted by atomic mass is 16.5. The zero-order chi connectivity index (χ0) is 14.0. The van der Waals surface area contributed by atoms with Crippen molar-refractivity contribution in [3.05, 3.63) is 36.2 Å². The molecule has 1 aromatic carbocycles. The fourth-order valence-electron chi connectivity index (χ4n) is 1.68. The second-order valence-electron chi connectivity index (χ2n) is 4.37. The predicted octanol–water partition coefficient (Wildman–Crippen LogP) is 1.97. The SMILES string of the molecule is CC(C)n1ncc(N)c1C(=O)Oc1cccc(O)c1. The van der Waals surface area contributed by atoms with Crippen LogP contribution in [0.1, 0.15) is 30.4 Å². The molecule has 6 nitrogen and oxygen atoms in total. The number of ether oxygens (including phenoxy) is 1. The number of phenols is 1. The van der Waals surface area contributed by atoms with Gasteiger partial charge in [0.2, 0.25) is 0 Å². The van der Waals surface area contributed by atoms with Gasteiger partial charge in [-0.15, -0.1) is 0 Å². The van der Waals surface area contributed by atoms with Crippen LogP contribution < -0.4 is 10.5 Å². The van der Waals surface area contributed by atoms with Gasteiger partial charge in [-0.25, -0.2) is 4.79 Å². The number of phenolic OH excluding ortho intramolecular Hbond substituents is 1. The van der Waals surface area contributed by atoms with Gasteiger partial charge in [-0.1, -0.05) is 6.07 Å². The highest BCUT2D eigenvalue weighted by Gasteiger charge is 2.20. The van der Waals surface area contributed by atoms with Gasteiger partial charge in [0.25, 0.3) is 0 Å². The maximum atomic E-state index is 12.1. The number of esters is 1. The lowest BCUT2D eigenvalue weighted by Gasteiger charge is -2.11. The molecule has 0 aliphatic carbocycles. The number of anilines is 1. The van der Waals surface area contributed by atoms with Crippen molar-refractivity contribution in [1.29, 1.82) is 0 Å². The van der Waals surface area contributed by atoms with Crippen LogP contribution in [0.2, 0.25) is 0 Å². The summed E-state index contributed by atoms with van der Waals surface area (Å²) in [6.45, 7) is 3.77. The van der Waals surface area contributed by atoms with E-state index in [1.54, 1.807) is 12.1 Å². The Hall–Kier alpha value is -2.50. The highest BCUT2D eigenvalue weighted by molar-refractivity contribution is 5.94. The predicted molar refractivity (Wildman–Crippen MR) is 70.1 cm³/mol. The first-order valence-electron chi connectivity index (χ1n) is 5.83. The summed E-state index contributed by atoms with van der Waals surface area (Å²) >= 11 is 0. The van der Waals surface area contributed by atoms with E-state index < -0.39 is 5.97 Å². The molecule has 2 rings (SSSR count). The van der Waals surface area contributed by atoms with Gasteiger partial charge in [-0.2, -0.15) is 5.10 Å². The van der Waals surface area contributed by atoms with Gasteiger partial charge in [0.15, 0.2) is 5.69 Å². The van der Waals surface area contributed by atoms with Gasteiger partial charge in [0.05, 0.1) is 11.9 Å². The van der Waals surface area contributed by atoms with Gasteiger partial charge in [0.1, 0.15) is 11.5 Å². The molecule has 0 amide bonds. The molecule has 0 bridgehead atoms. The molecule has 19 heavy (non-hydrogen) atoms. The number of aromatic nitrogens is 2. The third kappa shape index (κ3) is 2.67. The summed E-state index contributed by atoms with van der Waals surface area (Å²) in [6.07, 6.45) is 1.42. The van der Waals surface area contributed by atoms with Crippen molar-refractivity contribution in [2.24, 2.45) is 0 Å². The van der Waals surface area contributed by atoms with E-state index in [4.69, 9.17) is 10.5 Å². The Morgan fingerprint density at radius 3 is 2.84 bits per heavy atom. The van der Waals surface area contributed by atoms with E-state index in [-0.39, 0.29) is 28.9 Å². The minimum Gasteiger partial charge on any atom is -0.508 e. The van der Waals surface area contributed by atoms with E-state index in [0.29, 0.717) is 0 Å². The molecule has 1 aromatic heterocycles. The average molecular weight is 261 g/mol. The zero-order valence-corrected chi connectivity index (χ0v) is 10.7. The Morgan fingerprint density at radius 2 is 2.21 bits per heavy atom. The topological polar surface area (TPSA) is 90.4 Å². The lowest BCUT2D eigenvalue weighted by Crippen LogP contribution is -2.18. The number of hydrogen-bond acceptors (Lipinski definition) is 5. The molecule has 0 saturated heterocycles. The minimum atomic E-state index is -0.602. The Kier molecular flexibility index (Phi) is 3.41. The molecule has 2 aromatic rings. The van der Waals surface area contributed by atoms with Crippen molar-refractivity contribution >= 4 is 11.7 Å². The quantitative estimate of drug-likeness (QED) is 0.651. The van der Waals surface area contributed by atoms with Gasteiger partial charge in [-0.05, 0) is 26.0 Å². The fraction of sp³-hybridized carbons (Fsp3) is 0.231. The normalized spacial score (nSPS) is 10.7. The van der Waals surface area contributed by atoms with E-state index in [1.165, 1.54) is 23.0 Å². The molecule has 6 heteroatoms. The number of rotatable bonds is 3. The van der Waals surface area contributed by atoms with Crippen molar-refractivity contribution in [1.82, 2.24) is 9.78 Å². The summed E-state index contributed by atoms with van der Waals surface area (Å²) in [5, 5.41) is 13.4. The van der Waals surface area contributed by atoms with Gasteiger partial charge in [-0.3, -0.25) is 4.68 Å². The molecule has 1 heterocycles. The van der Waals surface area contributed by atoms with Crippen LogP contribution in [0, 0.1) is 0 Å². The van der Waals surface area contributed by atoms with Crippen molar-refractivity contribution < 1.29 is 14.6 Å². The van der Waals surface area contributed by atoms with Crippen molar-refractivity contribution in [3.63, 3.8) is 0 Å². The van der Waals surface area contributed by atoms with Crippen LogP contribution in [-0.2, 0) is 0 Å². The number of benzene rings is 1. The lowest BCUT2D eigenvalue weighted by molar-refractivity contribution is 0.0720. The minimum absolute atomic E-state index is 0.0102. The summed E-state index contributed by atoms with van der Waals surface area (Å²) in [4.78, 5) is 12.1. The van der Waals surface area contributed by atoms with Gasteiger partial charge < -0.3 is 15.6 Å². The summed E-state index contributed by atoms with van der Waals surface area (Å²) in [5.41, 5.74) is 6.20. The number of nitrogens with two attached hydrogens (primary N) is 1. The molecule has 0 atom stereocenters. The van der Waals surface area contributed by atoms with E-state index in [9.17, 15) is 9.90 Å². The second kappa shape index (κ2) is 5.01. The Labute approximate surface area is 110 Å². The third-order valence-corrected chi connectivity index (χ3v) is 2.53. The number of carbonyl (C=O) groups excluding carboxylic acids is 1. The molecule has 0 unspecified atom stereocenters. The van der Waals surface area contributed by atoms with Crippen LogP contribution in [0.25, 0.3) is 0 Å². The Balaban J connectivity index is 2.28. The Morgan fingerprint density at radius 1 is 1.47 bits per heavy atom. The summed E-state index contributed by atoms with van der Waals surface area (Å²) in [6, 6.07) is 5.99. The smallest absolute Gasteiger partial charge is 0.364 e. The maximum Gasteiger partial charge on any atom is 0.364 e. The van der Waals surface area contributed by atoms with Gasteiger partial charge >= 0.3 is 5.97 Å². The highest BCUT2D eigenvalue weighted by Crippen LogP contribution is 2.21. The van der Waals surface area contributed by atoms with Crippen molar-refractivity contribution in [2.45, 2.75) is 19.9 Å². The van der Waals surface area contributed by atoms with E-state index in [1.807, 2.05) is 13.8 Å². The Bertz CT molecular complexity index is 605. The van der Waals surface area contributed by atoms with E-state index in [0.717, 1.165) is 0 Å². The number of nitrogen functional groups attached to an aromatic ring is 1. The molecule has 3 N–H and O–H groups in total. The molecule has 0 aliphatic heterocycles. The molecule has 0 fully saturated rings. The van der Waals surface area contributed by atoms with Crippen LogP contribution in [0.5, 0.6) is 11.5 Å². The molecule has 0 radical (unpaired) electrons. The molecule has 0 saturated carbocycles. The van der Waals surface area contributed by atoms with Gasteiger partial charge in [0, 0.05) is 12.1 Å². The largest absolute Gasteiger partial charge is 0.508 e. The number of aromatic hydroxyl groups is 1. The van der Waals surface area contributed by atoms with Crippen LogP contribution in [0.3, 0.4) is 0 Å². The first-order chi connectivity index (χ1) is 8.99. The van der Waals surface area contributed by atoms with E-state index >= 15 is 0 Å². The standard InChI is InChI=1S/C13H15N3O3/c1-8(2)16-12(11(14)7-15-16)13(18)19-10-5-3-4-9(17)6-10/h3-8,17H,14H2,1-2H3. The monoisotopic (exact) mass is 261 g/mol. The third-order valence-electron chi connectivity index (χ3n) is 2.53. The van der Waals surface area contributed by atoms with Crippen LogP contribution >= 0.6 is 0 Å². The number of hydrogen-bond donors (Lipinski definition) is 2. The average Bonchev–Trinajstić information content (AvgIpc) is 2.71. The van der Waals surface area contributed by atoms with Crippen LogP contribution in [-0.4, -0.2) is 20.9 Å². The zero-order valence-electron chi connectivity index (χ0n) is 10.7. The summed E-state index contributed by atoms with van der Waals surface area (Å²) < 4.78 is 6.67. The summed E-state index contributed by atoms with van der Waals surface area (Å²) in [5.74, 6) is -0.328. The first kappa shape index (κ1) is 12.9. The number of carbonyl (C=O) groups is 1. The maximum absolute atomic E-state index is 12.1. The molecule has 0 spiro atoms. The van der Waals surface area contributed by atoms with Crippen molar-refractivity contribution in [2.75, 3.05) is 5.73 Å².